The fraction of sp³-hybridized carbons (Fsp3) is 0.542. The molecule has 0 aromatic carbocycles. The van der Waals surface area contributed by atoms with Crippen molar-refractivity contribution in [2.75, 3.05) is 31.1 Å². The zero-order valence-electron chi connectivity index (χ0n) is 20.3. The number of hydrogen-bond donors (Lipinski definition) is 0. The third kappa shape index (κ3) is 5.44. The Labute approximate surface area is 207 Å². The molecule has 0 aliphatic carbocycles. The van der Waals surface area contributed by atoms with Gasteiger partial charge >= 0.3 is 12.1 Å². The van der Waals surface area contributed by atoms with Crippen LogP contribution in [0.4, 0.5) is 15.0 Å². The first-order valence-corrected chi connectivity index (χ1v) is 12.5. The van der Waals surface area contributed by atoms with Crippen LogP contribution in [0.1, 0.15) is 55.9 Å². The number of thiazole rings is 1. The van der Waals surface area contributed by atoms with Crippen LogP contribution < -0.4 is 4.90 Å². The van der Waals surface area contributed by atoms with Crippen LogP contribution in [0.15, 0.2) is 12.1 Å². The Kier molecular flexibility index (Phi) is 7.07. The van der Waals surface area contributed by atoms with Crippen LogP contribution in [0.5, 0.6) is 0 Å². The summed E-state index contributed by atoms with van der Waals surface area (Å²) in [6.07, 6.45) is 0.921. The molecule has 2 amide bonds. The van der Waals surface area contributed by atoms with Crippen LogP contribution in [-0.2, 0) is 20.7 Å². The molecule has 4 heterocycles. The van der Waals surface area contributed by atoms with E-state index in [1.165, 1.54) is 0 Å². The van der Waals surface area contributed by atoms with Crippen molar-refractivity contribution in [2.24, 2.45) is 5.92 Å². The van der Waals surface area contributed by atoms with Crippen molar-refractivity contribution in [3.05, 3.63) is 28.7 Å². The number of halogens is 1. The zero-order chi connectivity index (χ0) is 25.3. The number of fused-ring (bicyclic) bond motifs is 1. The summed E-state index contributed by atoms with van der Waals surface area (Å²) in [6.45, 7) is 8.66. The van der Waals surface area contributed by atoms with Crippen molar-refractivity contribution < 1.29 is 28.2 Å². The summed E-state index contributed by atoms with van der Waals surface area (Å²) in [4.78, 5) is 49.2. The van der Waals surface area contributed by atoms with Gasteiger partial charge in [0.15, 0.2) is 0 Å². The monoisotopic (exact) mass is 504 g/mol. The number of aromatic nitrogens is 2. The van der Waals surface area contributed by atoms with Gasteiger partial charge in [-0.25, -0.2) is 19.7 Å². The summed E-state index contributed by atoms with van der Waals surface area (Å²) < 4.78 is 25.5. The van der Waals surface area contributed by atoms with E-state index in [1.54, 1.807) is 39.8 Å². The quantitative estimate of drug-likeness (QED) is 0.454. The van der Waals surface area contributed by atoms with E-state index in [9.17, 15) is 14.4 Å². The first kappa shape index (κ1) is 25.0. The number of nitrogens with zero attached hydrogens (tertiary/aromatic N) is 4. The molecule has 2 aliphatic rings. The molecule has 11 heteroatoms. The van der Waals surface area contributed by atoms with E-state index in [0.717, 1.165) is 16.2 Å². The van der Waals surface area contributed by atoms with Crippen LogP contribution in [0.2, 0.25) is 0 Å². The Bertz CT molecular complexity index is 1140. The van der Waals surface area contributed by atoms with E-state index in [0.29, 0.717) is 60.4 Å². The van der Waals surface area contributed by atoms with Gasteiger partial charge in [0, 0.05) is 26.1 Å². The second kappa shape index (κ2) is 9.88. The molecule has 9 nitrogen and oxygen atoms in total. The number of carbonyl (C=O) groups excluding carboxylic acids is 3. The van der Waals surface area contributed by atoms with E-state index in [4.69, 9.17) is 9.47 Å². The van der Waals surface area contributed by atoms with Crippen LogP contribution in [-0.4, -0.2) is 64.7 Å². The highest BCUT2D eigenvalue weighted by atomic mass is 32.1. The van der Waals surface area contributed by atoms with Crippen molar-refractivity contribution in [3.63, 3.8) is 0 Å². The maximum Gasteiger partial charge on any atom is 0.417 e. The lowest BCUT2D eigenvalue weighted by Crippen LogP contribution is -2.44. The number of piperidine rings is 1. The predicted molar refractivity (Wildman–Crippen MR) is 128 cm³/mol. The van der Waals surface area contributed by atoms with Crippen molar-refractivity contribution in [1.29, 1.82) is 0 Å². The van der Waals surface area contributed by atoms with Crippen molar-refractivity contribution >= 4 is 35.1 Å². The SMILES string of the molecule is CCOC(=O)C1CCN(c2ccc(-c3nc4c(s3)C(=O)N(C(=O)OC(C)(C)C)CC4)c(F)n2)CC1. The van der Waals surface area contributed by atoms with Gasteiger partial charge in [-0.3, -0.25) is 9.59 Å². The summed E-state index contributed by atoms with van der Waals surface area (Å²) in [6, 6.07) is 3.33. The molecule has 0 spiro atoms. The molecule has 0 N–H and O–H groups in total. The van der Waals surface area contributed by atoms with Gasteiger partial charge in [-0.1, -0.05) is 0 Å². The largest absolute Gasteiger partial charge is 0.466 e. The molecule has 1 saturated heterocycles. The molecule has 0 saturated carbocycles. The summed E-state index contributed by atoms with van der Waals surface area (Å²) in [5.74, 6) is -1.01. The Morgan fingerprint density at radius 1 is 1.17 bits per heavy atom. The average Bonchev–Trinajstić information content (AvgIpc) is 3.23. The molecule has 1 fully saturated rings. The van der Waals surface area contributed by atoms with E-state index in [1.807, 2.05) is 4.90 Å². The maximum atomic E-state index is 15.0. The minimum Gasteiger partial charge on any atom is -0.466 e. The standard InChI is InChI=1S/C24H29FN4O5S/c1-5-33-22(31)14-8-11-28(12-9-14)17-7-6-15(19(25)27-17)20-26-16-10-13-29(21(30)18(16)35-20)23(32)34-24(2,3)4/h6-7,14H,5,8-13H2,1-4H3. The summed E-state index contributed by atoms with van der Waals surface area (Å²) in [5, 5.41) is 0.340. The summed E-state index contributed by atoms with van der Waals surface area (Å²) in [7, 11) is 0. The molecule has 0 atom stereocenters. The zero-order valence-corrected chi connectivity index (χ0v) is 21.1. The number of amides is 2. The lowest BCUT2D eigenvalue weighted by atomic mass is 9.97. The summed E-state index contributed by atoms with van der Waals surface area (Å²) in [5.41, 5.74) is 0.0201. The van der Waals surface area contributed by atoms with Crippen molar-refractivity contribution in [1.82, 2.24) is 14.9 Å². The number of anilines is 1. The van der Waals surface area contributed by atoms with Gasteiger partial charge in [0.25, 0.3) is 5.91 Å². The Balaban J connectivity index is 1.47. The fourth-order valence-electron chi connectivity index (χ4n) is 4.10. The smallest absolute Gasteiger partial charge is 0.417 e. The molecule has 188 valence electrons. The average molecular weight is 505 g/mol. The van der Waals surface area contributed by atoms with E-state index >= 15 is 4.39 Å². The van der Waals surface area contributed by atoms with Gasteiger partial charge in [0.2, 0.25) is 5.95 Å². The minimum absolute atomic E-state index is 0.144. The normalized spacial score (nSPS) is 16.8. The van der Waals surface area contributed by atoms with Crippen LogP contribution >= 0.6 is 11.3 Å². The molecule has 2 aromatic rings. The number of pyridine rings is 1. The number of carbonyl (C=O) groups is 3. The Morgan fingerprint density at radius 2 is 1.89 bits per heavy atom. The van der Waals surface area contributed by atoms with Crippen LogP contribution in [0, 0.1) is 11.9 Å². The highest BCUT2D eigenvalue weighted by Crippen LogP contribution is 2.34. The molecule has 2 aliphatic heterocycles. The van der Waals surface area contributed by atoms with Gasteiger partial charge in [-0.05, 0) is 52.7 Å². The van der Waals surface area contributed by atoms with Gasteiger partial charge in [-0.15, -0.1) is 11.3 Å². The minimum atomic E-state index is -0.721. The fourth-order valence-corrected chi connectivity index (χ4v) is 5.18. The lowest BCUT2D eigenvalue weighted by Gasteiger charge is -2.31. The number of rotatable bonds is 4. The second-order valence-electron chi connectivity index (χ2n) is 9.50. The predicted octanol–water partition coefficient (Wildman–Crippen LogP) is 4.06. The molecule has 2 aromatic heterocycles. The first-order chi connectivity index (χ1) is 16.6. The third-order valence-corrected chi connectivity index (χ3v) is 6.95. The van der Waals surface area contributed by atoms with E-state index in [-0.39, 0.29) is 24.0 Å². The molecular formula is C24H29FN4O5S. The number of imide groups is 1. The van der Waals surface area contributed by atoms with Crippen LogP contribution in [0.3, 0.4) is 0 Å². The molecule has 4 rings (SSSR count). The topological polar surface area (TPSA) is 102 Å². The Hall–Kier alpha value is -3.08. The van der Waals surface area contributed by atoms with Crippen molar-refractivity contribution in [3.8, 4) is 10.6 Å². The van der Waals surface area contributed by atoms with Gasteiger partial charge < -0.3 is 14.4 Å². The van der Waals surface area contributed by atoms with Crippen molar-refractivity contribution in [2.45, 2.75) is 52.6 Å². The summed E-state index contributed by atoms with van der Waals surface area (Å²) >= 11 is 1.04. The highest BCUT2D eigenvalue weighted by Gasteiger charge is 2.35. The maximum absolute atomic E-state index is 15.0. The van der Waals surface area contributed by atoms with E-state index < -0.39 is 23.5 Å². The molecule has 35 heavy (non-hydrogen) atoms. The Morgan fingerprint density at radius 3 is 2.51 bits per heavy atom. The van der Waals surface area contributed by atoms with Crippen LogP contribution in [0.25, 0.3) is 10.6 Å². The number of ether oxygens (including phenoxy) is 2. The number of hydrogen-bond acceptors (Lipinski definition) is 9. The highest BCUT2D eigenvalue weighted by molar-refractivity contribution is 7.17. The van der Waals surface area contributed by atoms with Gasteiger partial charge in [0.1, 0.15) is 21.3 Å². The molecule has 0 bridgehead atoms. The third-order valence-electron chi connectivity index (χ3n) is 5.83. The molecule has 0 unspecified atom stereocenters. The number of esters is 1. The van der Waals surface area contributed by atoms with Gasteiger partial charge in [0.05, 0.1) is 23.8 Å². The first-order valence-electron chi connectivity index (χ1n) is 11.7. The molecular weight excluding hydrogens is 475 g/mol. The van der Waals surface area contributed by atoms with E-state index in [2.05, 4.69) is 9.97 Å². The van der Waals surface area contributed by atoms with Gasteiger partial charge in [-0.2, -0.15) is 4.39 Å². The molecule has 0 radical (unpaired) electrons. The lowest BCUT2D eigenvalue weighted by molar-refractivity contribution is -0.148. The second-order valence-corrected chi connectivity index (χ2v) is 10.5.